The third-order valence-corrected chi connectivity index (χ3v) is 2.66. The fourth-order valence-electron chi connectivity index (χ4n) is 1.30. The van der Waals surface area contributed by atoms with E-state index in [-0.39, 0.29) is 5.91 Å². The van der Waals surface area contributed by atoms with Crippen molar-refractivity contribution in [3.05, 3.63) is 41.1 Å². The summed E-state index contributed by atoms with van der Waals surface area (Å²) in [5.74, 6) is 0.695. The molecule has 1 aromatic heterocycles. The van der Waals surface area contributed by atoms with Crippen LogP contribution >= 0.6 is 15.9 Å². The summed E-state index contributed by atoms with van der Waals surface area (Å²) >= 11 is 3.33. The third-order valence-electron chi connectivity index (χ3n) is 2.17. The molecular formula is C12H11BrN2O3. The van der Waals surface area contributed by atoms with Crippen LogP contribution in [0.3, 0.4) is 0 Å². The van der Waals surface area contributed by atoms with Crippen molar-refractivity contribution in [3.63, 3.8) is 0 Å². The second-order valence-corrected chi connectivity index (χ2v) is 4.51. The SMILES string of the molecule is CC(Oc1cccc(Br)c1)C(=O)Nc1ccon1. The van der Waals surface area contributed by atoms with Crippen molar-refractivity contribution >= 4 is 27.7 Å². The van der Waals surface area contributed by atoms with Crippen molar-refractivity contribution in [2.75, 3.05) is 5.32 Å². The maximum atomic E-state index is 11.8. The number of carbonyl (C=O) groups is 1. The molecule has 6 heteroatoms. The van der Waals surface area contributed by atoms with Gasteiger partial charge in [0.1, 0.15) is 12.0 Å². The van der Waals surface area contributed by atoms with Crippen LogP contribution in [0.4, 0.5) is 5.82 Å². The van der Waals surface area contributed by atoms with Crippen LogP contribution < -0.4 is 10.1 Å². The largest absolute Gasteiger partial charge is 0.481 e. The maximum absolute atomic E-state index is 11.8. The highest BCUT2D eigenvalue weighted by Crippen LogP contribution is 2.19. The second-order valence-electron chi connectivity index (χ2n) is 3.59. The Bertz CT molecular complexity index is 528. The monoisotopic (exact) mass is 310 g/mol. The van der Waals surface area contributed by atoms with E-state index in [0.717, 1.165) is 4.47 Å². The van der Waals surface area contributed by atoms with E-state index in [9.17, 15) is 4.79 Å². The molecule has 1 N–H and O–H groups in total. The predicted molar refractivity (Wildman–Crippen MR) is 69.4 cm³/mol. The molecule has 0 aliphatic carbocycles. The minimum absolute atomic E-state index is 0.288. The van der Waals surface area contributed by atoms with Crippen LogP contribution in [0, 0.1) is 0 Å². The van der Waals surface area contributed by atoms with Gasteiger partial charge in [-0.3, -0.25) is 4.79 Å². The number of rotatable bonds is 4. The van der Waals surface area contributed by atoms with Gasteiger partial charge in [0.25, 0.3) is 5.91 Å². The zero-order valence-electron chi connectivity index (χ0n) is 9.59. The fourth-order valence-corrected chi connectivity index (χ4v) is 1.68. The zero-order valence-corrected chi connectivity index (χ0v) is 11.2. The topological polar surface area (TPSA) is 64.4 Å². The molecule has 0 aliphatic heterocycles. The van der Waals surface area contributed by atoms with Gasteiger partial charge in [-0.1, -0.05) is 27.2 Å². The molecular weight excluding hydrogens is 300 g/mol. The summed E-state index contributed by atoms with van der Waals surface area (Å²) in [6.45, 7) is 1.66. The first-order valence-electron chi connectivity index (χ1n) is 5.28. The summed E-state index contributed by atoms with van der Waals surface area (Å²) in [4.78, 5) is 11.8. The lowest BCUT2D eigenvalue weighted by atomic mass is 10.3. The fraction of sp³-hybridized carbons (Fsp3) is 0.167. The molecule has 1 atom stereocenters. The molecule has 5 nitrogen and oxygen atoms in total. The first kappa shape index (κ1) is 12.6. The third kappa shape index (κ3) is 3.33. The minimum Gasteiger partial charge on any atom is -0.481 e. The molecule has 0 fully saturated rings. The Morgan fingerprint density at radius 2 is 2.33 bits per heavy atom. The molecule has 1 heterocycles. The highest BCUT2D eigenvalue weighted by Gasteiger charge is 2.15. The molecule has 94 valence electrons. The molecule has 0 radical (unpaired) electrons. The number of ether oxygens (including phenoxy) is 1. The van der Waals surface area contributed by atoms with E-state index < -0.39 is 6.10 Å². The molecule has 2 aromatic rings. The number of carbonyl (C=O) groups excluding carboxylic acids is 1. The van der Waals surface area contributed by atoms with Gasteiger partial charge in [0.2, 0.25) is 0 Å². The minimum atomic E-state index is -0.629. The number of amides is 1. The van der Waals surface area contributed by atoms with E-state index in [2.05, 4.69) is 30.9 Å². The Balaban J connectivity index is 1.95. The number of nitrogens with one attached hydrogen (secondary N) is 1. The smallest absolute Gasteiger partial charge is 0.266 e. The molecule has 18 heavy (non-hydrogen) atoms. The van der Waals surface area contributed by atoms with Crippen LogP contribution in [0.1, 0.15) is 6.92 Å². The number of benzene rings is 1. The van der Waals surface area contributed by atoms with Crippen LogP contribution in [-0.2, 0) is 4.79 Å². The molecule has 0 saturated carbocycles. The lowest BCUT2D eigenvalue weighted by Crippen LogP contribution is -2.30. The van der Waals surface area contributed by atoms with E-state index in [1.165, 1.54) is 6.26 Å². The summed E-state index contributed by atoms with van der Waals surface area (Å²) in [6, 6.07) is 8.85. The van der Waals surface area contributed by atoms with Gasteiger partial charge < -0.3 is 14.6 Å². The van der Waals surface area contributed by atoms with Gasteiger partial charge in [-0.15, -0.1) is 0 Å². The van der Waals surface area contributed by atoms with Crippen molar-refractivity contribution in [1.82, 2.24) is 5.16 Å². The summed E-state index contributed by atoms with van der Waals surface area (Å²) in [5.41, 5.74) is 0. The lowest BCUT2D eigenvalue weighted by Gasteiger charge is -2.13. The average molecular weight is 311 g/mol. The Morgan fingerprint density at radius 1 is 1.50 bits per heavy atom. The Kier molecular flexibility index (Phi) is 3.99. The highest BCUT2D eigenvalue weighted by molar-refractivity contribution is 9.10. The molecule has 0 spiro atoms. The number of aromatic nitrogens is 1. The predicted octanol–water partition coefficient (Wildman–Crippen LogP) is 2.84. The van der Waals surface area contributed by atoms with Crippen molar-refractivity contribution in [3.8, 4) is 5.75 Å². The van der Waals surface area contributed by atoms with Gasteiger partial charge in [0, 0.05) is 10.5 Å². The molecule has 2 rings (SSSR count). The quantitative estimate of drug-likeness (QED) is 0.943. The Hall–Kier alpha value is -1.82. The van der Waals surface area contributed by atoms with Crippen LogP contribution in [0.15, 0.2) is 45.6 Å². The molecule has 0 saturated heterocycles. The summed E-state index contributed by atoms with van der Waals surface area (Å²) < 4.78 is 11.0. The molecule has 1 aromatic carbocycles. The number of hydrogen-bond donors (Lipinski definition) is 1. The van der Waals surface area contributed by atoms with Gasteiger partial charge in [0.05, 0.1) is 0 Å². The molecule has 0 bridgehead atoms. The van der Waals surface area contributed by atoms with Gasteiger partial charge in [-0.2, -0.15) is 0 Å². The number of nitrogens with zero attached hydrogens (tertiary/aromatic N) is 1. The van der Waals surface area contributed by atoms with Crippen molar-refractivity contribution in [1.29, 1.82) is 0 Å². The van der Waals surface area contributed by atoms with E-state index >= 15 is 0 Å². The molecule has 0 aliphatic rings. The number of hydrogen-bond acceptors (Lipinski definition) is 4. The van der Waals surface area contributed by atoms with Crippen molar-refractivity contribution < 1.29 is 14.1 Å². The number of halogens is 1. The van der Waals surface area contributed by atoms with Crippen LogP contribution in [-0.4, -0.2) is 17.2 Å². The van der Waals surface area contributed by atoms with Gasteiger partial charge in [0.15, 0.2) is 11.9 Å². The first-order chi connectivity index (χ1) is 8.65. The number of anilines is 1. The standard InChI is InChI=1S/C12H11BrN2O3/c1-8(12(16)14-11-5-6-17-15-11)18-10-4-2-3-9(13)7-10/h2-8H,1H3,(H,14,15,16). The second kappa shape index (κ2) is 5.68. The lowest BCUT2D eigenvalue weighted by molar-refractivity contribution is -0.122. The molecule has 1 amide bonds. The Morgan fingerprint density at radius 3 is 3.00 bits per heavy atom. The summed E-state index contributed by atoms with van der Waals surface area (Å²) in [5, 5.41) is 6.17. The average Bonchev–Trinajstić information content (AvgIpc) is 2.81. The summed E-state index contributed by atoms with van der Waals surface area (Å²) in [7, 11) is 0. The first-order valence-corrected chi connectivity index (χ1v) is 6.08. The van der Waals surface area contributed by atoms with E-state index in [4.69, 9.17) is 4.74 Å². The Labute approximate surface area is 112 Å². The highest BCUT2D eigenvalue weighted by atomic mass is 79.9. The maximum Gasteiger partial charge on any atom is 0.266 e. The van der Waals surface area contributed by atoms with Gasteiger partial charge in [-0.05, 0) is 25.1 Å². The normalized spacial score (nSPS) is 11.9. The van der Waals surface area contributed by atoms with Crippen LogP contribution in [0.25, 0.3) is 0 Å². The van der Waals surface area contributed by atoms with Crippen LogP contribution in [0.2, 0.25) is 0 Å². The van der Waals surface area contributed by atoms with Gasteiger partial charge in [-0.25, -0.2) is 0 Å². The molecule has 1 unspecified atom stereocenters. The van der Waals surface area contributed by atoms with E-state index in [0.29, 0.717) is 11.6 Å². The zero-order chi connectivity index (χ0) is 13.0. The van der Waals surface area contributed by atoms with E-state index in [1.807, 2.05) is 12.1 Å². The van der Waals surface area contributed by atoms with Gasteiger partial charge >= 0.3 is 0 Å². The summed E-state index contributed by atoms with van der Waals surface area (Å²) in [6.07, 6.45) is 0.756. The van der Waals surface area contributed by atoms with Crippen molar-refractivity contribution in [2.45, 2.75) is 13.0 Å². The van der Waals surface area contributed by atoms with E-state index in [1.54, 1.807) is 25.1 Å². The van der Waals surface area contributed by atoms with Crippen LogP contribution in [0.5, 0.6) is 5.75 Å². The van der Waals surface area contributed by atoms with Crippen molar-refractivity contribution in [2.24, 2.45) is 0 Å².